The molecule has 3 nitrogen and oxygen atoms in total. The molecule has 1 N–H and O–H groups in total. The topological polar surface area (TPSA) is 29.9 Å². The Morgan fingerprint density at radius 3 is 2.79 bits per heavy atom. The molecule has 4 heteroatoms. The molecule has 0 unspecified atom stereocenters. The maximum Gasteiger partial charge on any atom is 0.0818 e. The van der Waals surface area contributed by atoms with E-state index in [9.17, 15) is 0 Å². The Morgan fingerprint density at radius 2 is 2.29 bits per heavy atom. The second kappa shape index (κ2) is 5.37. The van der Waals surface area contributed by atoms with Crippen LogP contribution in [-0.4, -0.2) is 22.9 Å². The molecule has 1 heterocycles. The van der Waals surface area contributed by atoms with E-state index in [1.807, 2.05) is 11.7 Å². The predicted molar refractivity (Wildman–Crippen MR) is 59.6 cm³/mol. The Hall–Kier alpha value is -0.540. The van der Waals surface area contributed by atoms with Crippen LogP contribution in [0.1, 0.15) is 19.5 Å². The first kappa shape index (κ1) is 11.5. The predicted octanol–water partition coefficient (Wildman–Crippen LogP) is 1.86. The van der Waals surface area contributed by atoms with Crippen molar-refractivity contribution >= 4 is 11.6 Å². The van der Waals surface area contributed by atoms with Gasteiger partial charge in [-0.2, -0.15) is 5.10 Å². The van der Waals surface area contributed by atoms with E-state index >= 15 is 0 Å². The maximum atomic E-state index is 5.98. The fourth-order valence-corrected chi connectivity index (χ4v) is 1.58. The lowest BCUT2D eigenvalue weighted by Gasteiger charge is -2.07. The molecule has 0 aliphatic heterocycles. The van der Waals surface area contributed by atoms with E-state index in [1.54, 1.807) is 6.20 Å². The average Bonchev–Trinajstić information content (AvgIpc) is 2.42. The summed E-state index contributed by atoms with van der Waals surface area (Å²) in [6.07, 6.45) is 2.63. The fourth-order valence-electron chi connectivity index (χ4n) is 1.31. The zero-order chi connectivity index (χ0) is 10.6. The van der Waals surface area contributed by atoms with Crippen molar-refractivity contribution < 1.29 is 0 Å². The van der Waals surface area contributed by atoms with Gasteiger partial charge in [-0.15, -0.1) is 0 Å². The van der Waals surface area contributed by atoms with E-state index in [0.29, 0.717) is 5.92 Å². The summed E-state index contributed by atoms with van der Waals surface area (Å²) in [5, 5.41) is 8.23. The summed E-state index contributed by atoms with van der Waals surface area (Å²) in [6, 6.07) is 0. The molecule has 0 aromatic carbocycles. The van der Waals surface area contributed by atoms with Crippen LogP contribution in [0.4, 0.5) is 0 Å². The van der Waals surface area contributed by atoms with Crippen LogP contribution >= 0.6 is 11.6 Å². The number of rotatable bonds is 5. The molecule has 1 aromatic rings. The molecule has 1 aromatic heterocycles. The lowest BCUT2D eigenvalue weighted by Crippen LogP contribution is -2.22. The third kappa shape index (κ3) is 3.31. The number of nitrogens with one attached hydrogen (secondary N) is 1. The number of nitrogens with zero attached hydrogens (tertiary/aromatic N) is 2. The number of aryl methyl sites for hydroxylation is 1. The average molecular weight is 216 g/mol. The second-order valence-electron chi connectivity index (χ2n) is 3.91. The first-order valence-corrected chi connectivity index (χ1v) is 5.36. The zero-order valence-electron chi connectivity index (χ0n) is 9.05. The van der Waals surface area contributed by atoms with Gasteiger partial charge in [-0.3, -0.25) is 4.68 Å². The van der Waals surface area contributed by atoms with E-state index in [1.165, 1.54) is 0 Å². The molecule has 0 fully saturated rings. The van der Waals surface area contributed by atoms with Crippen LogP contribution in [0.3, 0.4) is 0 Å². The van der Waals surface area contributed by atoms with Crippen LogP contribution in [0.5, 0.6) is 0 Å². The Kier molecular flexibility index (Phi) is 4.42. The lowest BCUT2D eigenvalue weighted by atomic mass is 10.2. The molecule has 0 bridgehead atoms. The molecular formula is C10H18ClN3. The van der Waals surface area contributed by atoms with Crippen molar-refractivity contribution in [2.24, 2.45) is 13.0 Å². The van der Waals surface area contributed by atoms with Crippen LogP contribution in [0, 0.1) is 5.92 Å². The fraction of sp³-hybridized carbons (Fsp3) is 0.700. The maximum absolute atomic E-state index is 5.98. The lowest BCUT2D eigenvalue weighted by molar-refractivity contribution is 0.547. The highest BCUT2D eigenvalue weighted by molar-refractivity contribution is 6.31. The monoisotopic (exact) mass is 215 g/mol. The van der Waals surface area contributed by atoms with Gasteiger partial charge in [0.1, 0.15) is 0 Å². The Labute approximate surface area is 90.4 Å². The quantitative estimate of drug-likeness (QED) is 0.760. The van der Waals surface area contributed by atoms with Crippen LogP contribution < -0.4 is 5.32 Å². The third-order valence-corrected chi connectivity index (χ3v) is 2.42. The van der Waals surface area contributed by atoms with Gasteiger partial charge in [-0.25, -0.2) is 0 Å². The Balaban J connectivity index is 2.31. The summed E-state index contributed by atoms with van der Waals surface area (Å²) >= 11 is 5.98. The van der Waals surface area contributed by atoms with Crippen molar-refractivity contribution in [3.8, 4) is 0 Å². The molecular weight excluding hydrogens is 198 g/mol. The van der Waals surface area contributed by atoms with Crippen LogP contribution in [0.15, 0.2) is 6.20 Å². The van der Waals surface area contributed by atoms with Gasteiger partial charge >= 0.3 is 0 Å². The zero-order valence-corrected chi connectivity index (χ0v) is 9.80. The van der Waals surface area contributed by atoms with Gasteiger partial charge in [-0.1, -0.05) is 25.4 Å². The third-order valence-electron chi connectivity index (χ3n) is 2.10. The van der Waals surface area contributed by atoms with Gasteiger partial charge in [0, 0.05) is 20.0 Å². The molecule has 0 saturated heterocycles. The summed E-state index contributed by atoms with van der Waals surface area (Å²) in [5.74, 6) is 0.692. The van der Waals surface area contributed by atoms with Crippen molar-refractivity contribution in [2.45, 2.75) is 20.3 Å². The summed E-state index contributed by atoms with van der Waals surface area (Å²) in [6.45, 7) is 6.40. The van der Waals surface area contributed by atoms with Crippen LogP contribution in [0.25, 0.3) is 0 Å². The molecule has 0 atom stereocenters. The highest BCUT2D eigenvalue weighted by atomic mass is 35.5. The highest BCUT2D eigenvalue weighted by Gasteiger charge is 2.05. The van der Waals surface area contributed by atoms with Crippen LogP contribution in [-0.2, 0) is 13.5 Å². The Morgan fingerprint density at radius 1 is 1.57 bits per heavy atom. The molecule has 0 saturated carbocycles. The molecule has 0 aliphatic carbocycles. The van der Waals surface area contributed by atoms with Crippen molar-refractivity contribution in [1.29, 1.82) is 0 Å². The van der Waals surface area contributed by atoms with Gasteiger partial charge in [0.05, 0.1) is 16.9 Å². The highest BCUT2D eigenvalue weighted by Crippen LogP contribution is 2.13. The number of hydrogen-bond donors (Lipinski definition) is 1. The van der Waals surface area contributed by atoms with Gasteiger partial charge < -0.3 is 5.32 Å². The number of hydrogen-bond acceptors (Lipinski definition) is 2. The summed E-state index contributed by atoms with van der Waals surface area (Å²) in [7, 11) is 1.92. The second-order valence-corrected chi connectivity index (χ2v) is 4.32. The smallest absolute Gasteiger partial charge is 0.0818 e. The molecule has 0 amide bonds. The van der Waals surface area contributed by atoms with E-state index in [4.69, 9.17) is 11.6 Å². The summed E-state index contributed by atoms with van der Waals surface area (Å²) < 4.78 is 1.83. The molecule has 0 radical (unpaired) electrons. The normalized spacial score (nSPS) is 11.2. The minimum absolute atomic E-state index is 0.692. The van der Waals surface area contributed by atoms with Crippen molar-refractivity contribution in [3.05, 3.63) is 16.9 Å². The first-order chi connectivity index (χ1) is 6.61. The molecule has 1 rings (SSSR count). The number of halogens is 1. The minimum Gasteiger partial charge on any atom is -0.316 e. The largest absolute Gasteiger partial charge is 0.316 e. The van der Waals surface area contributed by atoms with Crippen LogP contribution in [0.2, 0.25) is 5.02 Å². The Bertz CT molecular complexity index is 261. The van der Waals surface area contributed by atoms with E-state index in [-0.39, 0.29) is 0 Å². The van der Waals surface area contributed by atoms with Gasteiger partial charge in [0.25, 0.3) is 0 Å². The minimum atomic E-state index is 0.692. The molecule has 80 valence electrons. The molecule has 0 aliphatic rings. The molecule has 14 heavy (non-hydrogen) atoms. The van der Waals surface area contributed by atoms with Gasteiger partial charge in [-0.05, 0) is 12.5 Å². The van der Waals surface area contributed by atoms with Crippen molar-refractivity contribution in [3.63, 3.8) is 0 Å². The van der Waals surface area contributed by atoms with E-state index in [2.05, 4.69) is 24.3 Å². The van der Waals surface area contributed by atoms with E-state index < -0.39 is 0 Å². The molecule has 0 spiro atoms. The first-order valence-electron chi connectivity index (χ1n) is 4.98. The summed E-state index contributed by atoms with van der Waals surface area (Å²) in [4.78, 5) is 0. The SMILES string of the molecule is CC(C)CNCCc1c(Cl)cnn1C. The van der Waals surface area contributed by atoms with Gasteiger partial charge in [0.2, 0.25) is 0 Å². The standard InChI is InChI=1S/C10H18ClN3/c1-8(2)6-12-5-4-10-9(11)7-13-14(10)3/h7-8,12H,4-6H2,1-3H3. The number of aromatic nitrogens is 2. The summed E-state index contributed by atoms with van der Waals surface area (Å²) in [5.41, 5.74) is 1.10. The van der Waals surface area contributed by atoms with Gasteiger partial charge in [0.15, 0.2) is 0 Å². The van der Waals surface area contributed by atoms with Crippen molar-refractivity contribution in [2.75, 3.05) is 13.1 Å². The van der Waals surface area contributed by atoms with Crippen molar-refractivity contribution in [1.82, 2.24) is 15.1 Å². The van der Waals surface area contributed by atoms with E-state index in [0.717, 1.165) is 30.2 Å².